The van der Waals surface area contributed by atoms with Gasteiger partial charge in [0.2, 0.25) is 0 Å². The maximum atomic E-state index is 12.0. The number of halogens is 3. The van der Waals surface area contributed by atoms with Crippen LogP contribution in [0, 0.1) is 6.92 Å². The number of hydrogen-bond donors (Lipinski definition) is 3. The van der Waals surface area contributed by atoms with Gasteiger partial charge in [0.15, 0.2) is 0 Å². The Balaban J connectivity index is 0.000000448. The van der Waals surface area contributed by atoms with Crippen LogP contribution < -0.4 is 15.4 Å². The second-order valence-corrected chi connectivity index (χ2v) is 10.2. The molecule has 1 atom stereocenters. The quantitative estimate of drug-likeness (QED) is 0.247. The van der Waals surface area contributed by atoms with Gasteiger partial charge in [-0.05, 0) is 54.8 Å². The molecule has 1 saturated heterocycles. The zero-order chi connectivity index (χ0) is 28.2. The molecule has 13 heteroatoms. The largest absolute Gasteiger partial charge is 0.490 e. The Morgan fingerprint density at radius 3 is 2.46 bits per heavy atom. The number of aromatic nitrogens is 1. The molecule has 39 heavy (non-hydrogen) atoms. The number of urea groups is 1. The van der Waals surface area contributed by atoms with Crippen molar-refractivity contribution < 1.29 is 37.4 Å². The number of ether oxygens (including phenoxy) is 1. The van der Waals surface area contributed by atoms with Crippen LogP contribution in [-0.2, 0) is 16.2 Å². The normalized spacial score (nSPS) is 14.8. The molecule has 3 N–H and O–H groups in total. The molecule has 202 valence electrons. The molecule has 0 bridgehead atoms. The van der Waals surface area contributed by atoms with E-state index in [2.05, 4.69) is 27.8 Å². The van der Waals surface area contributed by atoms with Crippen LogP contribution in [0.25, 0.3) is 10.9 Å². The lowest BCUT2D eigenvalue weighted by atomic mass is 10.1. The first-order chi connectivity index (χ1) is 18.5. The van der Waals surface area contributed by atoms with Crippen LogP contribution in [0.4, 0.5) is 18.0 Å². The van der Waals surface area contributed by atoms with E-state index in [-0.39, 0.29) is 5.91 Å². The zero-order valence-corrected chi connectivity index (χ0v) is 21.7. The van der Waals surface area contributed by atoms with Crippen molar-refractivity contribution in [1.29, 1.82) is 0 Å². The summed E-state index contributed by atoms with van der Waals surface area (Å²) >= 11 is 3.01. The van der Waals surface area contributed by atoms with Gasteiger partial charge in [0, 0.05) is 26.4 Å². The lowest BCUT2D eigenvalue weighted by molar-refractivity contribution is -0.192. The number of aliphatic carboxylic acids is 1. The fourth-order valence-corrected chi connectivity index (χ4v) is 5.68. The SMILES string of the molecule is Cc1cc(COc2ccc(Sc3ccsc3C3NC(=O)NC3=O)cc2)c2ccccc2n1.O=C(O)C(F)(F)F. The van der Waals surface area contributed by atoms with Crippen LogP contribution in [0.2, 0.25) is 0 Å². The number of rotatable bonds is 6. The van der Waals surface area contributed by atoms with E-state index < -0.39 is 24.2 Å². The summed E-state index contributed by atoms with van der Waals surface area (Å²) in [4.78, 5) is 39.7. The lowest BCUT2D eigenvalue weighted by Gasteiger charge is -2.11. The summed E-state index contributed by atoms with van der Waals surface area (Å²) in [7, 11) is 0. The zero-order valence-electron chi connectivity index (χ0n) is 20.1. The van der Waals surface area contributed by atoms with Gasteiger partial charge in [-0.25, -0.2) is 9.59 Å². The number of para-hydroxylation sites is 1. The number of carboxylic acid groups (broad SMARTS) is 1. The maximum Gasteiger partial charge on any atom is 0.490 e. The van der Waals surface area contributed by atoms with Gasteiger partial charge in [-0.3, -0.25) is 15.1 Å². The van der Waals surface area contributed by atoms with E-state index in [0.717, 1.165) is 42.6 Å². The number of aryl methyl sites for hydroxylation is 1. The number of pyridine rings is 1. The Morgan fingerprint density at radius 1 is 1.13 bits per heavy atom. The van der Waals surface area contributed by atoms with Crippen LogP contribution >= 0.6 is 23.1 Å². The second-order valence-electron chi connectivity index (χ2n) is 8.15. The number of thiophene rings is 1. The van der Waals surface area contributed by atoms with Crippen LogP contribution in [0.5, 0.6) is 5.75 Å². The minimum atomic E-state index is -5.08. The van der Waals surface area contributed by atoms with E-state index in [9.17, 15) is 22.8 Å². The van der Waals surface area contributed by atoms with Gasteiger partial charge in [-0.2, -0.15) is 13.2 Å². The fourth-order valence-electron chi connectivity index (χ4n) is 3.61. The topological polar surface area (TPSA) is 118 Å². The van der Waals surface area contributed by atoms with Crippen molar-refractivity contribution in [1.82, 2.24) is 15.6 Å². The standard InChI is InChI=1S/C24H19N3O3S2.C2HF3O2/c1-14-12-15(18-4-2-3-5-19(18)25-14)13-30-16-6-8-17(9-7-16)32-20-10-11-31-22(20)21-23(28)27-24(29)26-21;3-2(4,5)1(6)7/h2-12,21H,13H2,1H3,(H2,26,27,28,29);(H,6,7). The molecule has 0 spiro atoms. The van der Waals surface area contributed by atoms with Crippen molar-refractivity contribution in [2.75, 3.05) is 0 Å². The molecule has 5 rings (SSSR count). The summed E-state index contributed by atoms with van der Waals surface area (Å²) in [5.74, 6) is -2.30. The summed E-state index contributed by atoms with van der Waals surface area (Å²) in [6.07, 6.45) is -5.08. The minimum absolute atomic E-state index is 0.318. The number of fused-ring (bicyclic) bond motifs is 1. The summed E-state index contributed by atoms with van der Waals surface area (Å²) in [5, 5.41) is 15.1. The van der Waals surface area contributed by atoms with Gasteiger partial charge in [-0.15, -0.1) is 11.3 Å². The van der Waals surface area contributed by atoms with Crippen LogP contribution in [-0.4, -0.2) is 34.2 Å². The molecule has 2 aromatic heterocycles. The second kappa shape index (κ2) is 11.7. The Hall–Kier alpha value is -4.10. The van der Waals surface area contributed by atoms with Gasteiger partial charge in [-0.1, -0.05) is 30.0 Å². The molecule has 1 aliphatic heterocycles. The highest BCUT2D eigenvalue weighted by molar-refractivity contribution is 7.99. The van der Waals surface area contributed by atoms with E-state index in [1.54, 1.807) is 11.8 Å². The molecule has 1 fully saturated rings. The molecule has 0 radical (unpaired) electrons. The van der Waals surface area contributed by atoms with Crippen molar-refractivity contribution in [2.24, 2.45) is 0 Å². The van der Waals surface area contributed by atoms with Crippen LogP contribution in [0.1, 0.15) is 22.2 Å². The van der Waals surface area contributed by atoms with Crippen molar-refractivity contribution >= 4 is 51.9 Å². The maximum absolute atomic E-state index is 12.0. The molecule has 4 aromatic rings. The fraction of sp³-hybridized carbons (Fsp3) is 0.154. The third-order valence-electron chi connectivity index (χ3n) is 5.31. The first-order valence-electron chi connectivity index (χ1n) is 11.3. The number of hydrogen-bond acceptors (Lipinski definition) is 7. The number of nitrogens with one attached hydrogen (secondary N) is 2. The minimum Gasteiger partial charge on any atom is -0.489 e. The molecular formula is C26H20F3N3O5S2. The first kappa shape index (κ1) is 27.9. The van der Waals surface area contributed by atoms with Gasteiger partial charge in [0.05, 0.1) is 10.4 Å². The van der Waals surface area contributed by atoms with E-state index in [0.29, 0.717) is 6.61 Å². The Bertz CT molecular complexity index is 1520. The van der Waals surface area contributed by atoms with E-state index in [4.69, 9.17) is 14.6 Å². The molecule has 2 aromatic carbocycles. The molecule has 3 heterocycles. The number of alkyl halides is 3. The van der Waals surface area contributed by atoms with Gasteiger partial charge in [0.25, 0.3) is 5.91 Å². The van der Waals surface area contributed by atoms with E-state index in [1.165, 1.54) is 11.3 Å². The van der Waals surface area contributed by atoms with Crippen LogP contribution in [0.15, 0.2) is 75.8 Å². The molecule has 0 aliphatic carbocycles. The number of carbonyl (C=O) groups is 3. The molecule has 8 nitrogen and oxygen atoms in total. The molecule has 3 amide bonds. The van der Waals surface area contributed by atoms with Gasteiger partial charge in [0.1, 0.15) is 18.4 Å². The third kappa shape index (κ3) is 7.06. The number of carboxylic acids is 1. The number of amides is 3. The number of carbonyl (C=O) groups excluding carboxylic acids is 2. The van der Waals surface area contributed by atoms with Crippen molar-refractivity contribution in [3.63, 3.8) is 0 Å². The lowest BCUT2D eigenvalue weighted by Crippen LogP contribution is -2.22. The molecule has 0 saturated carbocycles. The van der Waals surface area contributed by atoms with Gasteiger partial charge < -0.3 is 15.2 Å². The molecular weight excluding hydrogens is 555 g/mol. The summed E-state index contributed by atoms with van der Waals surface area (Å²) < 4.78 is 37.8. The monoisotopic (exact) mass is 575 g/mol. The highest BCUT2D eigenvalue weighted by atomic mass is 32.2. The average molecular weight is 576 g/mol. The highest BCUT2D eigenvalue weighted by Crippen LogP contribution is 2.38. The van der Waals surface area contributed by atoms with Crippen molar-refractivity contribution in [2.45, 2.75) is 35.5 Å². The Morgan fingerprint density at radius 2 is 1.82 bits per heavy atom. The first-order valence-corrected chi connectivity index (χ1v) is 13.0. The Labute approximate surface area is 228 Å². The number of nitrogens with zero attached hydrogens (tertiary/aromatic N) is 1. The summed E-state index contributed by atoms with van der Waals surface area (Å²) in [5.41, 5.74) is 3.04. The predicted octanol–water partition coefficient (Wildman–Crippen LogP) is 5.85. The highest BCUT2D eigenvalue weighted by Gasteiger charge is 2.38. The Kier molecular flexibility index (Phi) is 8.41. The van der Waals surface area contributed by atoms with Gasteiger partial charge >= 0.3 is 18.2 Å². The molecule has 1 unspecified atom stereocenters. The van der Waals surface area contributed by atoms with E-state index >= 15 is 0 Å². The average Bonchev–Trinajstić information content (AvgIpc) is 3.47. The van der Waals surface area contributed by atoms with Crippen LogP contribution in [0.3, 0.4) is 0 Å². The summed E-state index contributed by atoms with van der Waals surface area (Å²) in [6.45, 7) is 2.45. The van der Waals surface area contributed by atoms with Crippen molar-refractivity contribution in [3.05, 3.63) is 82.2 Å². The number of imide groups is 1. The summed E-state index contributed by atoms with van der Waals surface area (Å²) in [6, 6.07) is 18.9. The third-order valence-corrected chi connectivity index (χ3v) is 7.51. The van der Waals surface area contributed by atoms with E-state index in [1.807, 2.05) is 60.8 Å². The van der Waals surface area contributed by atoms with Crippen molar-refractivity contribution in [3.8, 4) is 5.75 Å². The molecule has 1 aliphatic rings. The smallest absolute Gasteiger partial charge is 0.489 e. The number of benzene rings is 2. The predicted molar refractivity (Wildman–Crippen MR) is 139 cm³/mol.